The van der Waals surface area contributed by atoms with Crippen molar-refractivity contribution in [2.24, 2.45) is 0 Å². The summed E-state index contributed by atoms with van der Waals surface area (Å²) in [7, 11) is 0. The minimum Gasteiger partial charge on any atom is -0.354 e. The number of benzene rings is 2. The van der Waals surface area contributed by atoms with Crippen molar-refractivity contribution in [3.63, 3.8) is 0 Å². The summed E-state index contributed by atoms with van der Waals surface area (Å²) >= 11 is 2.18. The van der Waals surface area contributed by atoms with E-state index in [-0.39, 0.29) is 22.6 Å². The lowest BCUT2D eigenvalue weighted by Gasteiger charge is -2.15. The molecule has 0 radical (unpaired) electrons. The molecular weight excluding hydrogens is 465 g/mol. The van der Waals surface area contributed by atoms with Gasteiger partial charge in [-0.05, 0) is 59.3 Å². The Morgan fingerprint density at radius 2 is 2.07 bits per heavy atom. The summed E-state index contributed by atoms with van der Waals surface area (Å²) in [5.74, 6) is -0.795. The number of amides is 1. The first kappa shape index (κ1) is 18.8. The minimum atomic E-state index is -0.795. The fraction of sp³-hybridized carbons (Fsp3) is 0.0588. The van der Waals surface area contributed by atoms with Gasteiger partial charge in [0.2, 0.25) is 0 Å². The van der Waals surface area contributed by atoms with Gasteiger partial charge in [0.1, 0.15) is 5.69 Å². The Balaban J connectivity index is 2.18. The molecule has 2 aromatic carbocycles. The van der Waals surface area contributed by atoms with Crippen molar-refractivity contribution in [1.82, 2.24) is 15.0 Å². The van der Waals surface area contributed by atoms with Crippen LogP contribution in [-0.4, -0.2) is 25.6 Å². The number of anilines is 2. The van der Waals surface area contributed by atoms with Gasteiger partial charge in [-0.25, -0.2) is 10.5 Å². The van der Waals surface area contributed by atoms with E-state index in [0.717, 1.165) is 9.13 Å². The quantitative estimate of drug-likeness (QED) is 0.223. The van der Waals surface area contributed by atoms with Crippen molar-refractivity contribution in [2.45, 2.75) is 6.92 Å². The Morgan fingerprint density at radius 3 is 2.67 bits per heavy atom. The van der Waals surface area contributed by atoms with E-state index in [1.807, 2.05) is 25.1 Å². The molecule has 1 heterocycles. The van der Waals surface area contributed by atoms with Gasteiger partial charge in [-0.15, -0.1) is 0 Å². The smallest absolute Gasteiger partial charge is 0.295 e. The van der Waals surface area contributed by atoms with Crippen molar-refractivity contribution < 1.29 is 14.9 Å². The molecule has 138 valence electrons. The van der Waals surface area contributed by atoms with Crippen LogP contribution >= 0.6 is 22.6 Å². The van der Waals surface area contributed by atoms with Crippen LogP contribution in [0, 0.1) is 20.6 Å². The van der Waals surface area contributed by atoms with Gasteiger partial charge in [-0.2, -0.15) is 0 Å². The lowest BCUT2D eigenvalue weighted by molar-refractivity contribution is -0.384. The fourth-order valence-corrected chi connectivity index (χ4v) is 3.24. The number of carbonyl (C=O) groups is 1. The Kier molecular flexibility index (Phi) is 5.37. The highest BCUT2D eigenvalue weighted by atomic mass is 127. The van der Waals surface area contributed by atoms with Gasteiger partial charge in [0.05, 0.1) is 22.5 Å². The van der Waals surface area contributed by atoms with Gasteiger partial charge in [-0.3, -0.25) is 20.1 Å². The number of hydroxylamine groups is 1. The van der Waals surface area contributed by atoms with Crippen molar-refractivity contribution >= 4 is 45.6 Å². The number of halogens is 1. The van der Waals surface area contributed by atoms with Gasteiger partial charge in [0, 0.05) is 27.7 Å². The van der Waals surface area contributed by atoms with E-state index in [9.17, 15) is 14.9 Å². The molecule has 3 rings (SSSR count). The topological polar surface area (TPSA) is 122 Å². The summed E-state index contributed by atoms with van der Waals surface area (Å²) in [5.41, 5.74) is 3.35. The summed E-state index contributed by atoms with van der Waals surface area (Å²) in [4.78, 5) is 27.1. The Bertz CT molecular complexity index is 1020. The highest BCUT2D eigenvalue weighted by Gasteiger charge is 2.23. The van der Waals surface area contributed by atoms with Gasteiger partial charge >= 0.3 is 0 Å². The normalized spacial score (nSPS) is 10.5. The highest BCUT2D eigenvalue weighted by Crippen LogP contribution is 2.33. The third-order valence-electron chi connectivity index (χ3n) is 3.90. The zero-order valence-corrected chi connectivity index (χ0v) is 16.2. The van der Waals surface area contributed by atoms with Crippen LogP contribution in [0.5, 0.6) is 0 Å². The molecule has 0 saturated heterocycles. The second-order valence-electron chi connectivity index (χ2n) is 5.64. The Hall–Kier alpha value is -2.99. The van der Waals surface area contributed by atoms with Crippen LogP contribution in [0.3, 0.4) is 0 Å². The maximum atomic E-state index is 12.2. The first-order valence-corrected chi connectivity index (χ1v) is 8.77. The highest BCUT2D eigenvalue weighted by molar-refractivity contribution is 14.1. The van der Waals surface area contributed by atoms with E-state index in [4.69, 9.17) is 5.21 Å². The summed E-state index contributed by atoms with van der Waals surface area (Å²) in [6.07, 6.45) is 4.38. The number of hydrogen-bond acceptors (Lipinski definition) is 6. The zero-order valence-electron chi connectivity index (χ0n) is 14.0. The second kappa shape index (κ2) is 7.72. The number of carbonyl (C=O) groups excluding carboxylic acids is 1. The lowest BCUT2D eigenvalue weighted by atomic mass is 10.1. The first-order valence-electron chi connectivity index (χ1n) is 7.69. The molecule has 3 N–H and O–H groups in total. The number of rotatable bonds is 5. The molecule has 0 aliphatic carbocycles. The van der Waals surface area contributed by atoms with E-state index >= 15 is 0 Å². The third-order valence-corrected chi connectivity index (χ3v) is 4.57. The molecule has 10 heteroatoms. The SMILES string of the molecule is Cc1cc(I)ccc1Nc1cc([N+](=O)[O-])c(-n2ccnc2)cc1C(=O)NO. The van der Waals surface area contributed by atoms with Crippen LogP contribution in [0.2, 0.25) is 0 Å². The van der Waals surface area contributed by atoms with Crippen LogP contribution in [0.15, 0.2) is 49.1 Å². The van der Waals surface area contributed by atoms with Crippen LogP contribution in [-0.2, 0) is 0 Å². The fourth-order valence-electron chi connectivity index (χ4n) is 2.60. The number of nitro groups is 1. The van der Waals surface area contributed by atoms with Crippen molar-refractivity contribution in [2.75, 3.05) is 5.32 Å². The number of aryl methyl sites for hydroxylation is 1. The van der Waals surface area contributed by atoms with E-state index in [0.29, 0.717) is 5.69 Å². The van der Waals surface area contributed by atoms with E-state index in [2.05, 4.69) is 32.9 Å². The van der Waals surface area contributed by atoms with Crippen LogP contribution in [0.4, 0.5) is 17.1 Å². The minimum absolute atomic E-state index is 0.0461. The molecule has 3 aromatic rings. The summed E-state index contributed by atoms with van der Waals surface area (Å²) in [6, 6.07) is 8.21. The summed E-state index contributed by atoms with van der Waals surface area (Å²) < 4.78 is 2.46. The predicted octanol–water partition coefficient (Wildman–Crippen LogP) is 3.56. The molecule has 0 saturated carbocycles. The largest absolute Gasteiger partial charge is 0.354 e. The first-order chi connectivity index (χ1) is 12.9. The maximum absolute atomic E-state index is 12.2. The molecule has 0 fully saturated rings. The maximum Gasteiger partial charge on any atom is 0.295 e. The summed E-state index contributed by atoms with van der Waals surface area (Å²) in [5, 5.41) is 23.7. The molecule has 0 atom stereocenters. The summed E-state index contributed by atoms with van der Waals surface area (Å²) in [6.45, 7) is 1.88. The average molecular weight is 479 g/mol. The third kappa shape index (κ3) is 3.90. The average Bonchev–Trinajstić information content (AvgIpc) is 3.17. The molecule has 0 aliphatic heterocycles. The molecule has 1 aromatic heterocycles. The molecule has 9 nitrogen and oxygen atoms in total. The van der Waals surface area contributed by atoms with Crippen molar-refractivity contribution in [1.29, 1.82) is 0 Å². The molecule has 0 bridgehead atoms. The van der Waals surface area contributed by atoms with Gasteiger partial charge in [0.15, 0.2) is 0 Å². The van der Waals surface area contributed by atoms with E-state index in [1.54, 1.807) is 5.48 Å². The second-order valence-corrected chi connectivity index (χ2v) is 6.88. The molecule has 0 unspecified atom stereocenters. The lowest BCUT2D eigenvalue weighted by Crippen LogP contribution is -2.20. The molecule has 0 aliphatic rings. The van der Waals surface area contributed by atoms with Crippen LogP contribution < -0.4 is 10.8 Å². The predicted molar refractivity (Wildman–Crippen MR) is 107 cm³/mol. The number of nitro benzene ring substituents is 1. The molecule has 1 amide bonds. The van der Waals surface area contributed by atoms with Crippen molar-refractivity contribution in [3.05, 3.63) is 73.9 Å². The van der Waals surface area contributed by atoms with Crippen molar-refractivity contribution in [3.8, 4) is 5.69 Å². The van der Waals surface area contributed by atoms with Gasteiger partial charge in [0.25, 0.3) is 11.6 Å². The number of aromatic nitrogens is 2. The Labute approximate surface area is 167 Å². The van der Waals surface area contributed by atoms with Crippen LogP contribution in [0.25, 0.3) is 5.69 Å². The number of nitrogens with zero attached hydrogens (tertiary/aromatic N) is 3. The number of nitrogens with one attached hydrogen (secondary N) is 2. The molecular formula is C17H14IN5O4. The number of imidazole rings is 1. The van der Waals surface area contributed by atoms with E-state index < -0.39 is 10.8 Å². The number of hydrogen-bond donors (Lipinski definition) is 3. The van der Waals surface area contributed by atoms with Gasteiger partial charge < -0.3 is 9.88 Å². The van der Waals surface area contributed by atoms with Crippen LogP contribution in [0.1, 0.15) is 15.9 Å². The Morgan fingerprint density at radius 1 is 1.30 bits per heavy atom. The molecule has 27 heavy (non-hydrogen) atoms. The zero-order chi connectivity index (χ0) is 19.6. The van der Waals surface area contributed by atoms with E-state index in [1.165, 1.54) is 35.4 Å². The standard InChI is InChI=1S/C17H14IN5O4/c1-10-6-11(18)2-3-13(10)20-14-8-16(23(26)27)15(22-5-4-19-9-22)7-12(14)17(24)21-25/h2-9,20,25H,1H3,(H,21,24). The molecule has 0 spiro atoms. The monoisotopic (exact) mass is 479 g/mol. The van der Waals surface area contributed by atoms with Gasteiger partial charge in [-0.1, -0.05) is 0 Å².